The monoisotopic (exact) mass is 496 g/mol. The van der Waals surface area contributed by atoms with Gasteiger partial charge in [0.1, 0.15) is 11.5 Å². The van der Waals surface area contributed by atoms with Crippen molar-refractivity contribution in [2.24, 2.45) is 0 Å². The SMILES string of the molecule is Nc1cc(Oc2ccc(C(F)(F)F)cc2Oc2ccc(C(F)(F)F)c(N)c2)ccc1C(F)(F)F. The van der Waals surface area contributed by atoms with E-state index in [1.165, 1.54) is 0 Å². The lowest BCUT2D eigenvalue weighted by Crippen LogP contribution is -2.09. The summed E-state index contributed by atoms with van der Waals surface area (Å²) in [5.41, 5.74) is 5.81. The second-order valence-electron chi connectivity index (χ2n) is 6.86. The standard InChI is InChI=1S/C21H13F9N2O2/c22-19(23,24)10-1-6-17(33-11-2-4-13(15(31)8-11)20(25,26)27)18(7-10)34-12-3-5-14(16(32)9-12)21(28,29)30/h1-9H,31-32H2. The Labute approximate surface area is 185 Å². The fourth-order valence-corrected chi connectivity index (χ4v) is 2.83. The molecule has 0 saturated heterocycles. The minimum Gasteiger partial charge on any atom is -0.453 e. The van der Waals surface area contributed by atoms with Crippen molar-refractivity contribution in [1.29, 1.82) is 0 Å². The quantitative estimate of drug-likeness (QED) is 0.290. The van der Waals surface area contributed by atoms with Crippen molar-refractivity contribution in [3.8, 4) is 23.0 Å². The first kappa shape index (κ1) is 24.9. The van der Waals surface area contributed by atoms with Crippen molar-refractivity contribution in [2.45, 2.75) is 18.5 Å². The van der Waals surface area contributed by atoms with Gasteiger partial charge in [0, 0.05) is 23.5 Å². The number of nitrogens with two attached hydrogens (primary N) is 2. The maximum atomic E-state index is 13.2. The predicted octanol–water partition coefficient (Wildman–Crippen LogP) is 7.49. The van der Waals surface area contributed by atoms with Crippen LogP contribution in [0.5, 0.6) is 23.0 Å². The van der Waals surface area contributed by atoms with E-state index in [4.69, 9.17) is 20.9 Å². The normalized spacial score (nSPS) is 12.5. The molecule has 3 rings (SSSR count). The molecule has 3 aromatic carbocycles. The molecule has 0 heterocycles. The van der Waals surface area contributed by atoms with E-state index in [9.17, 15) is 39.5 Å². The van der Waals surface area contributed by atoms with Gasteiger partial charge in [0.05, 0.1) is 16.7 Å². The highest BCUT2D eigenvalue weighted by atomic mass is 19.4. The summed E-state index contributed by atoms with van der Waals surface area (Å²) in [5, 5.41) is 0. The summed E-state index contributed by atoms with van der Waals surface area (Å²) in [6.45, 7) is 0. The fraction of sp³-hybridized carbons (Fsp3) is 0.143. The van der Waals surface area contributed by atoms with Crippen molar-refractivity contribution >= 4 is 11.4 Å². The lowest BCUT2D eigenvalue weighted by atomic mass is 10.1. The van der Waals surface area contributed by atoms with E-state index in [0.29, 0.717) is 24.3 Å². The van der Waals surface area contributed by atoms with Crippen molar-refractivity contribution in [1.82, 2.24) is 0 Å². The van der Waals surface area contributed by atoms with Gasteiger partial charge in [-0.25, -0.2) is 0 Å². The van der Waals surface area contributed by atoms with Gasteiger partial charge in [0.2, 0.25) is 0 Å². The summed E-state index contributed by atoms with van der Waals surface area (Å²) < 4.78 is 127. The molecule has 0 aliphatic heterocycles. The molecule has 0 saturated carbocycles. The van der Waals surface area contributed by atoms with E-state index in [1.54, 1.807) is 0 Å². The molecule has 0 aliphatic carbocycles. The Morgan fingerprint density at radius 1 is 0.500 bits per heavy atom. The van der Waals surface area contributed by atoms with Crippen molar-refractivity contribution in [3.63, 3.8) is 0 Å². The molecule has 0 aliphatic rings. The van der Waals surface area contributed by atoms with E-state index in [1.807, 2.05) is 0 Å². The van der Waals surface area contributed by atoms with Crippen LogP contribution in [-0.4, -0.2) is 0 Å². The topological polar surface area (TPSA) is 70.5 Å². The molecule has 0 radical (unpaired) electrons. The highest BCUT2D eigenvalue weighted by molar-refractivity contribution is 5.57. The third-order valence-electron chi connectivity index (χ3n) is 4.38. The molecule has 0 amide bonds. The van der Waals surface area contributed by atoms with Crippen molar-refractivity contribution < 1.29 is 49.0 Å². The zero-order valence-corrected chi connectivity index (χ0v) is 16.6. The second-order valence-corrected chi connectivity index (χ2v) is 6.86. The fourth-order valence-electron chi connectivity index (χ4n) is 2.83. The third kappa shape index (κ3) is 5.58. The number of hydrogen-bond donors (Lipinski definition) is 2. The van der Waals surface area contributed by atoms with E-state index < -0.39 is 52.3 Å². The number of anilines is 2. The lowest BCUT2D eigenvalue weighted by Gasteiger charge is -2.17. The van der Waals surface area contributed by atoms with Gasteiger partial charge in [-0.15, -0.1) is 0 Å². The summed E-state index contributed by atoms with van der Waals surface area (Å²) in [6.07, 6.45) is -14.3. The average Bonchev–Trinajstić information content (AvgIpc) is 2.66. The summed E-state index contributed by atoms with van der Waals surface area (Å²) >= 11 is 0. The molecule has 4 nitrogen and oxygen atoms in total. The maximum absolute atomic E-state index is 13.2. The minimum absolute atomic E-state index is 0.262. The van der Waals surface area contributed by atoms with Crippen LogP contribution in [0, 0.1) is 0 Å². The van der Waals surface area contributed by atoms with Gasteiger partial charge in [0.15, 0.2) is 11.5 Å². The summed E-state index contributed by atoms with van der Waals surface area (Å²) in [7, 11) is 0. The van der Waals surface area contributed by atoms with Crippen LogP contribution in [0.2, 0.25) is 0 Å². The molecular weight excluding hydrogens is 483 g/mol. The van der Waals surface area contributed by atoms with Gasteiger partial charge >= 0.3 is 18.5 Å². The number of benzene rings is 3. The molecule has 3 aromatic rings. The highest BCUT2D eigenvalue weighted by Crippen LogP contribution is 2.43. The Hall–Kier alpha value is -3.77. The Morgan fingerprint density at radius 3 is 1.32 bits per heavy atom. The minimum atomic E-state index is -4.81. The summed E-state index contributed by atoms with van der Waals surface area (Å²) in [5.74, 6) is -1.58. The van der Waals surface area contributed by atoms with E-state index in [0.717, 1.165) is 30.3 Å². The number of rotatable bonds is 4. The Morgan fingerprint density at radius 2 is 0.941 bits per heavy atom. The summed E-state index contributed by atoms with van der Waals surface area (Å²) in [4.78, 5) is 0. The zero-order valence-electron chi connectivity index (χ0n) is 16.6. The molecule has 0 bridgehead atoms. The third-order valence-corrected chi connectivity index (χ3v) is 4.38. The van der Waals surface area contributed by atoms with E-state index in [2.05, 4.69) is 0 Å². The van der Waals surface area contributed by atoms with Crippen molar-refractivity contribution in [2.75, 3.05) is 11.5 Å². The van der Waals surface area contributed by atoms with Crippen LogP contribution in [0.3, 0.4) is 0 Å². The van der Waals surface area contributed by atoms with Gasteiger partial charge in [-0.05, 0) is 42.5 Å². The van der Waals surface area contributed by atoms with E-state index in [-0.39, 0.29) is 17.2 Å². The highest BCUT2D eigenvalue weighted by Gasteiger charge is 2.35. The van der Waals surface area contributed by atoms with Crippen LogP contribution >= 0.6 is 0 Å². The van der Waals surface area contributed by atoms with Crippen LogP contribution in [0.15, 0.2) is 54.6 Å². The number of hydrogen-bond acceptors (Lipinski definition) is 4. The molecule has 34 heavy (non-hydrogen) atoms. The average molecular weight is 496 g/mol. The molecular formula is C21H13F9N2O2. The first-order valence-corrected chi connectivity index (χ1v) is 9.06. The van der Waals surface area contributed by atoms with Gasteiger partial charge < -0.3 is 20.9 Å². The number of alkyl halides is 9. The van der Waals surface area contributed by atoms with Gasteiger partial charge in [-0.2, -0.15) is 39.5 Å². The van der Waals surface area contributed by atoms with Crippen LogP contribution in [0.1, 0.15) is 16.7 Å². The Bertz CT molecular complexity index is 1200. The van der Waals surface area contributed by atoms with Crippen LogP contribution in [0.25, 0.3) is 0 Å². The predicted molar refractivity (Wildman–Crippen MR) is 103 cm³/mol. The maximum Gasteiger partial charge on any atom is 0.418 e. The van der Waals surface area contributed by atoms with Gasteiger partial charge in [-0.1, -0.05) is 0 Å². The Balaban J connectivity index is 1.99. The molecule has 4 N–H and O–H groups in total. The lowest BCUT2D eigenvalue weighted by molar-refractivity contribution is -0.138. The molecule has 0 fully saturated rings. The largest absolute Gasteiger partial charge is 0.453 e. The molecule has 0 atom stereocenters. The molecule has 0 spiro atoms. The van der Waals surface area contributed by atoms with Gasteiger partial charge in [0.25, 0.3) is 0 Å². The first-order chi connectivity index (χ1) is 15.6. The molecule has 13 heteroatoms. The number of nitrogen functional groups attached to an aromatic ring is 2. The Kier molecular flexibility index (Phi) is 6.24. The molecule has 0 unspecified atom stereocenters. The van der Waals surface area contributed by atoms with Crippen LogP contribution in [0.4, 0.5) is 50.9 Å². The zero-order chi connectivity index (χ0) is 25.5. The molecule has 0 aromatic heterocycles. The van der Waals surface area contributed by atoms with E-state index >= 15 is 0 Å². The number of ether oxygens (including phenoxy) is 2. The van der Waals surface area contributed by atoms with Crippen molar-refractivity contribution in [3.05, 3.63) is 71.3 Å². The second kappa shape index (κ2) is 8.54. The van der Waals surface area contributed by atoms with Crippen LogP contribution in [-0.2, 0) is 18.5 Å². The molecule has 182 valence electrons. The smallest absolute Gasteiger partial charge is 0.418 e. The van der Waals surface area contributed by atoms with Gasteiger partial charge in [-0.3, -0.25) is 0 Å². The first-order valence-electron chi connectivity index (χ1n) is 9.06. The number of halogens is 9. The summed E-state index contributed by atoms with van der Waals surface area (Å²) in [6, 6.07) is 6.44. The van der Waals surface area contributed by atoms with Crippen LogP contribution < -0.4 is 20.9 Å².